The van der Waals surface area contributed by atoms with Gasteiger partial charge in [-0.2, -0.15) is 0 Å². The van der Waals surface area contributed by atoms with Crippen LogP contribution in [0, 0.1) is 0 Å². The van der Waals surface area contributed by atoms with Crippen molar-refractivity contribution < 1.29 is 54.2 Å². The van der Waals surface area contributed by atoms with Crippen LogP contribution in [0.4, 0.5) is 0 Å². The second kappa shape index (κ2) is 20.7. The number of amides is 1. The molecule has 248 valence electrons. The molecule has 2 unspecified atom stereocenters. The van der Waals surface area contributed by atoms with E-state index in [9.17, 15) is 44.6 Å². The number of carbonyl (C=O) groups is 2. The Morgan fingerprint density at radius 3 is 1.81 bits per heavy atom. The smallest absolute Gasteiger partial charge is 0.331 e. The molecule has 1 heterocycles. The Morgan fingerprint density at radius 2 is 1.36 bits per heavy atom. The summed E-state index contributed by atoms with van der Waals surface area (Å²) in [6.45, 7) is 0.208. The zero-order chi connectivity index (χ0) is 31.6. The third-order valence-corrected chi connectivity index (χ3v) is 9.19. The van der Waals surface area contributed by atoms with E-state index < -0.39 is 74.8 Å². The van der Waals surface area contributed by atoms with Gasteiger partial charge in [0.25, 0.3) is 0 Å². The molecule has 0 saturated carbocycles. The lowest BCUT2D eigenvalue weighted by Gasteiger charge is -2.28. The molecule has 0 aliphatic carbocycles. The van der Waals surface area contributed by atoms with E-state index in [4.69, 9.17) is 9.63 Å². The van der Waals surface area contributed by atoms with Crippen LogP contribution in [0.15, 0.2) is 0 Å². The van der Waals surface area contributed by atoms with E-state index in [0.717, 1.165) is 38.5 Å². The van der Waals surface area contributed by atoms with Crippen LogP contribution in [0.2, 0.25) is 0 Å². The predicted octanol–water partition coefficient (Wildman–Crippen LogP) is 1.41. The Kier molecular flexibility index (Phi) is 19.2. The summed E-state index contributed by atoms with van der Waals surface area (Å²) in [4.78, 5) is 34.4. The fourth-order valence-corrected chi connectivity index (χ4v) is 6.34. The Balaban J connectivity index is 2.28. The van der Waals surface area contributed by atoms with E-state index in [0.29, 0.717) is 6.42 Å². The molecule has 1 rings (SSSR count). The number of aliphatic hydroxyl groups is 5. The lowest BCUT2D eigenvalue weighted by atomic mass is 10.0. The summed E-state index contributed by atoms with van der Waals surface area (Å²) < 4.78 is 17.5. The number of unbranched alkanes of at least 4 members (excludes halogenated alkanes) is 12. The zero-order valence-electron chi connectivity index (χ0n) is 25.0. The lowest BCUT2D eigenvalue weighted by molar-refractivity contribution is -0.148. The van der Waals surface area contributed by atoms with Crippen molar-refractivity contribution in [1.29, 1.82) is 0 Å². The van der Waals surface area contributed by atoms with Gasteiger partial charge in [0, 0.05) is 19.1 Å². The normalized spacial score (nSPS) is 24.2. The van der Waals surface area contributed by atoms with Crippen LogP contribution in [0.1, 0.15) is 103 Å². The van der Waals surface area contributed by atoms with Gasteiger partial charge in [-0.05, 0) is 26.2 Å². The van der Waals surface area contributed by atoms with Crippen molar-refractivity contribution in [3.63, 3.8) is 0 Å². The highest BCUT2D eigenvalue weighted by atomic mass is 31.2. The first-order chi connectivity index (χ1) is 19.8. The van der Waals surface area contributed by atoms with E-state index in [1.54, 1.807) is 0 Å². The summed E-state index contributed by atoms with van der Waals surface area (Å²) in [6, 6.07) is -1.63. The summed E-state index contributed by atoms with van der Waals surface area (Å²) in [5, 5.41) is 62.9. The molecule has 0 spiro atoms. The molecule has 0 bridgehead atoms. The van der Waals surface area contributed by atoms with Crippen molar-refractivity contribution in [1.82, 2.24) is 10.6 Å². The number of hydrogen-bond donors (Lipinski definition) is 9. The van der Waals surface area contributed by atoms with E-state index in [2.05, 4.69) is 10.6 Å². The van der Waals surface area contributed by atoms with Gasteiger partial charge in [-0.15, -0.1) is 0 Å². The number of carboxylic acids is 1. The number of aliphatic carboxylic acids is 1. The standard InChI is InChI=1S/C28H55N2O11P/c1-28(27(37)38,20-41-42(39,40)19-21(33)17-22-25(35)26(36)23(18-32)29-22)30-24(34)15-13-11-9-7-5-3-2-4-6-8-10-12-14-16-31/h21-23,25-26,29,31-33,35-36H,2-20H2,1H3,(H,30,34)(H,37,38)(H,39,40)/t21-,22-,23-,25-,26-,28?/m1/s1. The topological polar surface area (TPSA) is 226 Å². The molecule has 14 heteroatoms. The Hall–Kier alpha value is -1.15. The van der Waals surface area contributed by atoms with Gasteiger partial charge in [0.1, 0.15) is 0 Å². The monoisotopic (exact) mass is 626 g/mol. The maximum absolute atomic E-state index is 12.5. The number of hydrogen-bond acceptors (Lipinski definition) is 10. The minimum absolute atomic E-state index is 0.117. The molecule has 13 nitrogen and oxygen atoms in total. The third-order valence-electron chi connectivity index (χ3n) is 7.77. The van der Waals surface area contributed by atoms with Gasteiger partial charge in [0.2, 0.25) is 5.91 Å². The Bertz CT molecular complexity index is 821. The average molecular weight is 627 g/mol. The van der Waals surface area contributed by atoms with Crippen LogP contribution in [-0.2, 0) is 18.7 Å². The number of rotatable bonds is 25. The molecule has 0 radical (unpaired) electrons. The lowest BCUT2D eigenvalue weighted by Crippen LogP contribution is -2.55. The van der Waals surface area contributed by atoms with Crippen molar-refractivity contribution in [2.24, 2.45) is 0 Å². The van der Waals surface area contributed by atoms with E-state index in [-0.39, 0.29) is 19.4 Å². The largest absolute Gasteiger partial charge is 0.479 e. The average Bonchev–Trinajstić information content (AvgIpc) is 3.19. The van der Waals surface area contributed by atoms with Gasteiger partial charge in [-0.1, -0.05) is 70.6 Å². The summed E-state index contributed by atoms with van der Waals surface area (Å²) in [7, 11) is -4.49. The highest BCUT2D eigenvalue weighted by Gasteiger charge is 2.42. The second-order valence-electron chi connectivity index (χ2n) is 11.8. The highest BCUT2D eigenvalue weighted by Crippen LogP contribution is 2.44. The molecular formula is C28H55N2O11P. The number of carboxylic acid groups (broad SMARTS) is 1. The predicted molar refractivity (Wildman–Crippen MR) is 157 cm³/mol. The van der Waals surface area contributed by atoms with Crippen molar-refractivity contribution >= 4 is 19.5 Å². The molecule has 1 amide bonds. The first-order valence-corrected chi connectivity index (χ1v) is 17.1. The summed E-state index contributed by atoms with van der Waals surface area (Å²) in [5.74, 6) is -1.95. The van der Waals surface area contributed by atoms with Crippen LogP contribution >= 0.6 is 7.60 Å². The molecule has 1 aliphatic rings. The molecule has 1 fully saturated rings. The SMILES string of the molecule is CC(COP(=O)(O)C[C@H](O)C[C@H]1N[C@H](CO)[C@@H](O)[C@@H]1O)(NC(=O)CCCCCCCCCCCCCCCO)C(=O)O. The summed E-state index contributed by atoms with van der Waals surface area (Å²) in [6.07, 6.45) is 9.05. The minimum atomic E-state index is -4.49. The van der Waals surface area contributed by atoms with Gasteiger partial charge in [-0.25, -0.2) is 4.79 Å². The van der Waals surface area contributed by atoms with Crippen molar-refractivity contribution in [3.05, 3.63) is 0 Å². The third kappa shape index (κ3) is 15.5. The number of nitrogens with one attached hydrogen (secondary N) is 2. The van der Waals surface area contributed by atoms with Gasteiger partial charge in [0.15, 0.2) is 5.54 Å². The van der Waals surface area contributed by atoms with Gasteiger partial charge < -0.3 is 50.7 Å². The van der Waals surface area contributed by atoms with Crippen molar-refractivity contribution in [2.75, 3.05) is 26.0 Å². The molecule has 7 atom stereocenters. The van der Waals surface area contributed by atoms with Gasteiger partial charge in [-0.3, -0.25) is 9.36 Å². The molecule has 42 heavy (non-hydrogen) atoms. The number of aliphatic hydroxyl groups excluding tert-OH is 5. The maximum atomic E-state index is 12.5. The zero-order valence-corrected chi connectivity index (χ0v) is 25.9. The van der Waals surface area contributed by atoms with Crippen LogP contribution in [-0.4, -0.2) is 109 Å². The molecular weight excluding hydrogens is 571 g/mol. The summed E-state index contributed by atoms with van der Waals surface area (Å²) >= 11 is 0. The molecule has 9 N–H and O–H groups in total. The highest BCUT2D eigenvalue weighted by molar-refractivity contribution is 7.52. The molecule has 0 aromatic rings. The van der Waals surface area contributed by atoms with Crippen molar-refractivity contribution in [2.45, 2.75) is 139 Å². The first-order valence-electron chi connectivity index (χ1n) is 15.4. The van der Waals surface area contributed by atoms with Gasteiger partial charge in [0.05, 0.1) is 43.7 Å². The maximum Gasteiger partial charge on any atom is 0.331 e. The molecule has 1 saturated heterocycles. The van der Waals surface area contributed by atoms with E-state index in [1.807, 2.05) is 0 Å². The minimum Gasteiger partial charge on any atom is -0.479 e. The Labute approximate surface area is 249 Å². The van der Waals surface area contributed by atoms with E-state index in [1.165, 1.54) is 45.4 Å². The summed E-state index contributed by atoms with van der Waals surface area (Å²) in [5.41, 5.74) is -1.96. The second-order valence-corrected chi connectivity index (χ2v) is 13.7. The van der Waals surface area contributed by atoms with E-state index >= 15 is 0 Å². The first kappa shape index (κ1) is 38.9. The number of carbonyl (C=O) groups excluding carboxylic acids is 1. The van der Waals surface area contributed by atoms with Crippen molar-refractivity contribution in [3.8, 4) is 0 Å². The van der Waals surface area contributed by atoms with Crippen LogP contribution in [0.5, 0.6) is 0 Å². The van der Waals surface area contributed by atoms with Crippen LogP contribution < -0.4 is 10.6 Å². The molecule has 0 aromatic heterocycles. The van der Waals surface area contributed by atoms with Gasteiger partial charge >= 0.3 is 13.6 Å². The quantitative estimate of drug-likeness (QED) is 0.0518. The Morgan fingerprint density at radius 1 is 0.881 bits per heavy atom. The fourth-order valence-electron chi connectivity index (χ4n) is 5.10. The fraction of sp³-hybridized carbons (Fsp3) is 0.929. The van der Waals surface area contributed by atoms with Crippen LogP contribution in [0.25, 0.3) is 0 Å². The van der Waals surface area contributed by atoms with Crippen LogP contribution in [0.3, 0.4) is 0 Å². The molecule has 1 aliphatic heterocycles. The molecule has 0 aromatic carbocycles.